The fraction of sp³-hybridized carbons (Fsp3) is 0. The number of aromatic nitrogens is 3. The highest BCUT2D eigenvalue weighted by molar-refractivity contribution is 7.57. The van der Waals surface area contributed by atoms with Crippen LogP contribution in [0.1, 0.15) is 62.1 Å². The van der Waals surface area contributed by atoms with Gasteiger partial charge in [-0.25, -0.2) is 0 Å². The number of benzene rings is 3. The summed E-state index contributed by atoms with van der Waals surface area (Å²) in [6, 6.07) is 18.7. The minimum absolute atomic E-state index is 0.0817. The van der Waals surface area contributed by atoms with E-state index < -0.39 is 52.0 Å². The summed E-state index contributed by atoms with van der Waals surface area (Å²) in [7, 11) is -2.97. The largest absolute Gasteiger partial charge is 0.281 e. The van der Waals surface area contributed by atoms with Gasteiger partial charge in [0.25, 0.3) is 35.4 Å². The van der Waals surface area contributed by atoms with Gasteiger partial charge in [0.1, 0.15) is 0 Å². The quantitative estimate of drug-likeness (QED) is 0.343. The van der Waals surface area contributed by atoms with E-state index in [0.717, 1.165) is 14.7 Å². The maximum absolute atomic E-state index is 13.7. The molecule has 3 aromatic carbocycles. The fourth-order valence-corrected chi connectivity index (χ4v) is 10.2. The topological polar surface area (TPSA) is 135 Å². The Morgan fingerprint density at radius 3 is 1.31 bits per heavy atom. The third-order valence-electron chi connectivity index (χ3n) is 6.45. The van der Waals surface area contributed by atoms with Crippen LogP contribution in [-0.4, -0.2) is 48.4 Å². The van der Waals surface area contributed by atoms with Crippen molar-refractivity contribution in [1.82, 2.24) is 12.9 Å². The van der Waals surface area contributed by atoms with E-state index in [-0.39, 0.29) is 41.9 Å². The fourth-order valence-electron chi connectivity index (χ4n) is 4.69. The first-order chi connectivity index (χ1) is 18.9. The van der Waals surface area contributed by atoms with E-state index in [1.807, 2.05) is 0 Å². The Morgan fingerprint density at radius 2 is 0.897 bits per heavy atom. The molecule has 0 aliphatic carbocycles. The molecule has 0 spiro atoms. The zero-order chi connectivity index (χ0) is 27.0. The lowest BCUT2D eigenvalue weighted by molar-refractivity contribution is 0.0885. The average molecular weight is 574 g/mol. The van der Waals surface area contributed by atoms with Crippen molar-refractivity contribution in [2.24, 2.45) is 0 Å². The third kappa shape index (κ3) is 3.14. The first-order valence-electron chi connectivity index (χ1n) is 11.4. The SMILES string of the molecule is O=C1c2ccccc2C(=O)N1n1pn[pH]n(N2C(=O)c3ccccc3C2=O)p1N1C(=O)c2ccccc2C1=O. The van der Waals surface area contributed by atoms with Gasteiger partial charge in [0.2, 0.25) is 0 Å². The summed E-state index contributed by atoms with van der Waals surface area (Å²) < 4.78 is 7.66. The Hall–Kier alpha value is -4.62. The van der Waals surface area contributed by atoms with E-state index in [9.17, 15) is 28.8 Å². The second kappa shape index (κ2) is 8.44. The van der Waals surface area contributed by atoms with Crippen molar-refractivity contribution < 1.29 is 28.8 Å². The number of carbonyl (C=O) groups excluding carboxylic acids is 6. The number of fused-ring (bicyclic) bond motifs is 3. The van der Waals surface area contributed by atoms with Gasteiger partial charge in [-0.2, -0.15) is 27.6 Å². The van der Waals surface area contributed by atoms with Crippen molar-refractivity contribution in [1.29, 1.82) is 0 Å². The van der Waals surface area contributed by atoms with Crippen LogP contribution in [-0.2, 0) is 0 Å². The molecule has 3 aliphatic rings. The molecule has 15 heteroatoms. The van der Waals surface area contributed by atoms with Gasteiger partial charge in [-0.15, -0.1) is 0 Å². The van der Waals surface area contributed by atoms with Gasteiger partial charge < -0.3 is 0 Å². The lowest BCUT2D eigenvalue weighted by Gasteiger charge is -2.29. The van der Waals surface area contributed by atoms with Crippen molar-refractivity contribution in [2.75, 3.05) is 14.7 Å². The van der Waals surface area contributed by atoms with E-state index in [1.54, 1.807) is 36.4 Å². The molecule has 0 saturated heterocycles. The van der Waals surface area contributed by atoms with E-state index >= 15 is 0 Å². The zero-order valence-electron chi connectivity index (χ0n) is 19.5. The van der Waals surface area contributed by atoms with E-state index in [1.165, 1.54) is 44.8 Å². The highest BCUT2D eigenvalue weighted by Crippen LogP contribution is 2.43. The van der Waals surface area contributed by atoms with Gasteiger partial charge in [-0.05, 0) is 36.4 Å². The van der Waals surface area contributed by atoms with Gasteiger partial charge in [0, 0.05) is 0 Å². The molecule has 2 unspecified atom stereocenters. The molecule has 12 nitrogen and oxygen atoms in total. The molecule has 0 radical (unpaired) electrons. The molecule has 3 aliphatic heterocycles. The summed E-state index contributed by atoms with van der Waals surface area (Å²) in [6.07, 6.45) is 0. The summed E-state index contributed by atoms with van der Waals surface area (Å²) in [5, 5.41) is 1.68. The Morgan fingerprint density at radius 1 is 0.538 bits per heavy atom. The van der Waals surface area contributed by atoms with Gasteiger partial charge in [0.05, 0.1) is 41.9 Å². The standard InChI is InChI=1S/C24H13N6O6P3/c31-19-13-7-1-2-8-14(13)20(32)26(19)29-37-25-38-30(27-21(33)15-9-3-4-10-16(15)22(27)34)39(29)28-23(35)17-11-5-6-12-18(17)24(28)36/h1-12,37H. The number of carbonyl (C=O) groups is 6. The molecule has 0 fully saturated rings. The summed E-state index contributed by atoms with van der Waals surface area (Å²) in [5.41, 5.74) is 0.875. The van der Waals surface area contributed by atoms with Gasteiger partial charge in [-0.3, -0.25) is 28.8 Å². The minimum Gasteiger partial charge on any atom is -0.268 e. The summed E-state index contributed by atoms with van der Waals surface area (Å²) in [4.78, 5) is 81.1. The molecule has 190 valence electrons. The lowest BCUT2D eigenvalue weighted by atomic mass is 10.1. The van der Waals surface area contributed by atoms with Crippen molar-refractivity contribution >= 4 is 60.5 Å². The van der Waals surface area contributed by atoms with Crippen LogP contribution in [0.5, 0.6) is 0 Å². The molecule has 2 atom stereocenters. The van der Waals surface area contributed by atoms with E-state index in [4.69, 9.17) is 0 Å². The highest BCUT2D eigenvalue weighted by Gasteiger charge is 2.46. The van der Waals surface area contributed by atoms with Crippen LogP contribution < -0.4 is 14.7 Å². The van der Waals surface area contributed by atoms with Crippen LogP contribution in [0.2, 0.25) is 0 Å². The first kappa shape index (κ1) is 23.5. The number of rotatable bonds is 3. The Kier molecular flexibility index (Phi) is 5.09. The van der Waals surface area contributed by atoms with Crippen LogP contribution in [0.3, 0.4) is 0 Å². The normalized spacial score (nSPS) is 16.7. The minimum atomic E-state index is -2.48. The van der Waals surface area contributed by atoms with E-state index in [0.29, 0.717) is 0 Å². The molecule has 6 amide bonds. The van der Waals surface area contributed by atoms with Crippen LogP contribution in [0.25, 0.3) is 0 Å². The zero-order valence-corrected chi connectivity index (χ0v) is 22.2. The highest BCUT2D eigenvalue weighted by atomic mass is 31.2. The van der Waals surface area contributed by atoms with Crippen LogP contribution >= 0.6 is 25.0 Å². The molecule has 39 heavy (non-hydrogen) atoms. The second-order valence-corrected chi connectivity index (χ2v) is 12.9. The molecule has 1 aromatic heterocycles. The Balaban J connectivity index is 1.48. The average Bonchev–Trinajstić information content (AvgIpc) is 3.48. The van der Waals surface area contributed by atoms with Crippen LogP contribution in [0.15, 0.2) is 72.8 Å². The number of nitrogens with zero attached hydrogens (tertiary/aromatic N) is 6. The summed E-state index contributed by atoms with van der Waals surface area (Å²) in [5.74, 6) is -4.02. The monoisotopic (exact) mass is 574 g/mol. The maximum atomic E-state index is 13.7. The number of hydrogen-bond donors (Lipinski definition) is 0. The predicted octanol–water partition coefficient (Wildman–Crippen LogP) is 3.20. The van der Waals surface area contributed by atoms with Gasteiger partial charge in [0.15, 0.2) is 16.5 Å². The van der Waals surface area contributed by atoms with Crippen molar-refractivity contribution in [3.63, 3.8) is 0 Å². The number of imide groups is 3. The van der Waals surface area contributed by atoms with Crippen molar-refractivity contribution in [3.05, 3.63) is 106 Å². The summed E-state index contributed by atoms with van der Waals surface area (Å²) in [6.45, 7) is 0. The molecule has 7 rings (SSSR count). The Labute approximate surface area is 223 Å². The Bertz CT molecular complexity index is 1680. The second-order valence-electron chi connectivity index (χ2n) is 8.52. The van der Waals surface area contributed by atoms with Gasteiger partial charge >= 0.3 is 0 Å². The maximum Gasteiger partial charge on any atom is 0.281 e. The number of amides is 6. The summed E-state index contributed by atoms with van der Waals surface area (Å²) >= 11 is 0. The third-order valence-corrected chi connectivity index (χ3v) is 11.1. The van der Waals surface area contributed by atoms with E-state index in [2.05, 4.69) is 4.51 Å². The molecule has 0 N–H and O–H groups in total. The van der Waals surface area contributed by atoms with Gasteiger partial charge in [-0.1, -0.05) is 36.4 Å². The van der Waals surface area contributed by atoms with Crippen LogP contribution in [0.4, 0.5) is 0 Å². The smallest absolute Gasteiger partial charge is 0.268 e. The van der Waals surface area contributed by atoms with Crippen LogP contribution in [0, 0.1) is 0 Å². The molecule has 0 bridgehead atoms. The first-order valence-corrected chi connectivity index (χ1v) is 14.3. The molecule has 4 heterocycles. The lowest BCUT2D eigenvalue weighted by Crippen LogP contribution is -2.45. The molecular weight excluding hydrogens is 561 g/mol. The molecule has 0 saturated carbocycles. The number of hydrogen-bond acceptors (Lipinski definition) is 7. The predicted molar refractivity (Wildman–Crippen MR) is 143 cm³/mol. The van der Waals surface area contributed by atoms with Crippen molar-refractivity contribution in [2.45, 2.75) is 0 Å². The molecular formula is C24H13N6O6P3. The van der Waals surface area contributed by atoms with Crippen molar-refractivity contribution in [3.8, 4) is 0 Å². The molecule has 4 aromatic rings.